The van der Waals surface area contributed by atoms with Crippen LogP contribution in [0.1, 0.15) is 44.1 Å². The van der Waals surface area contributed by atoms with Gasteiger partial charge in [0.1, 0.15) is 5.82 Å². The molecule has 1 aromatic heterocycles. The summed E-state index contributed by atoms with van der Waals surface area (Å²) in [6, 6.07) is 6.85. The Hall–Kier alpha value is -1.20. The van der Waals surface area contributed by atoms with Crippen LogP contribution in [0.3, 0.4) is 0 Å². The lowest BCUT2D eigenvalue weighted by Gasteiger charge is -2.22. The molecular formula is C15H19BrFN3. The molecule has 3 nitrogen and oxygen atoms in total. The molecule has 0 saturated carbocycles. The fourth-order valence-corrected chi connectivity index (χ4v) is 2.77. The predicted octanol–water partition coefficient (Wildman–Crippen LogP) is 4.06. The molecule has 108 valence electrons. The van der Waals surface area contributed by atoms with E-state index in [-0.39, 0.29) is 17.9 Å². The quantitative estimate of drug-likeness (QED) is 0.889. The van der Waals surface area contributed by atoms with Crippen LogP contribution in [0.25, 0.3) is 0 Å². The monoisotopic (exact) mass is 339 g/mol. The van der Waals surface area contributed by atoms with Crippen molar-refractivity contribution in [1.82, 2.24) is 15.1 Å². The number of hydrogen-bond donors (Lipinski definition) is 1. The topological polar surface area (TPSA) is 29.9 Å². The first kappa shape index (κ1) is 15.2. The summed E-state index contributed by atoms with van der Waals surface area (Å²) in [4.78, 5) is 0. The molecule has 20 heavy (non-hydrogen) atoms. The summed E-state index contributed by atoms with van der Waals surface area (Å²) in [5, 5.41) is 7.86. The molecule has 1 unspecified atom stereocenters. The first-order valence-electron chi connectivity index (χ1n) is 6.76. The highest BCUT2D eigenvalue weighted by Gasteiger charge is 2.22. The van der Waals surface area contributed by atoms with E-state index in [1.165, 1.54) is 12.1 Å². The standard InChI is InChI=1S/C15H19BrFN3/c1-4-18-14(11-5-7-12(17)8-6-11)15-13(16)9-19-20(15)10(2)3/h5-10,14,18H,4H2,1-3H3. The molecule has 0 bridgehead atoms. The summed E-state index contributed by atoms with van der Waals surface area (Å²) in [6.07, 6.45) is 1.81. The van der Waals surface area contributed by atoms with Crippen molar-refractivity contribution in [3.63, 3.8) is 0 Å². The van der Waals surface area contributed by atoms with Crippen LogP contribution >= 0.6 is 15.9 Å². The molecule has 0 saturated heterocycles. The zero-order valence-electron chi connectivity index (χ0n) is 11.9. The van der Waals surface area contributed by atoms with E-state index < -0.39 is 0 Å². The average Bonchev–Trinajstić information content (AvgIpc) is 2.79. The Morgan fingerprint density at radius 3 is 2.50 bits per heavy atom. The second-order valence-corrected chi connectivity index (χ2v) is 5.81. The van der Waals surface area contributed by atoms with Gasteiger partial charge in [-0.15, -0.1) is 0 Å². The molecule has 0 aliphatic carbocycles. The van der Waals surface area contributed by atoms with E-state index in [0.29, 0.717) is 0 Å². The van der Waals surface area contributed by atoms with E-state index in [1.54, 1.807) is 0 Å². The van der Waals surface area contributed by atoms with Gasteiger partial charge in [0.2, 0.25) is 0 Å². The minimum absolute atomic E-state index is 0.0140. The van der Waals surface area contributed by atoms with Gasteiger partial charge in [-0.2, -0.15) is 5.10 Å². The van der Waals surface area contributed by atoms with Crippen molar-refractivity contribution in [2.45, 2.75) is 32.9 Å². The van der Waals surface area contributed by atoms with E-state index >= 15 is 0 Å². The minimum Gasteiger partial charge on any atom is -0.305 e. The van der Waals surface area contributed by atoms with Gasteiger partial charge in [-0.1, -0.05) is 19.1 Å². The highest BCUT2D eigenvalue weighted by atomic mass is 79.9. The van der Waals surface area contributed by atoms with Gasteiger partial charge < -0.3 is 5.32 Å². The van der Waals surface area contributed by atoms with E-state index in [9.17, 15) is 4.39 Å². The Labute approximate surface area is 127 Å². The van der Waals surface area contributed by atoms with Crippen molar-refractivity contribution < 1.29 is 4.39 Å². The summed E-state index contributed by atoms with van der Waals surface area (Å²) < 4.78 is 16.1. The zero-order chi connectivity index (χ0) is 14.7. The third-order valence-electron chi connectivity index (χ3n) is 3.16. The van der Waals surface area contributed by atoms with Gasteiger partial charge in [-0.3, -0.25) is 4.68 Å². The molecular weight excluding hydrogens is 321 g/mol. The molecule has 0 aliphatic heterocycles. The van der Waals surface area contributed by atoms with Gasteiger partial charge in [0.05, 0.1) is 22.4 Å². The van der Waals surface area contributed by atoms with Crippen molar-refractivity contribution in [2.75, 3.05) is 6.54 Å². The fourth-order valence-electron chi connectivity index (χ4n) is 2.26. The minimum atomic E-state index is -0.222. The molecule has 1 N–H and O–H groups in total. The molecule has 2 rings (SSSR count). The van der Waals surface area contributed by atoms with E-state index in [0.717, 1.165) is 22.3 Å². The van der Waals surface area contributed by atoms with Crippen LogP contribution in [0.4, 0.5) is 4.39 Å². The van der Waals surface area contributed by atoms with Crippen LogP contribution in [0.5, 0.6) is 0 Å². The third kappa shape index (κ3) is 3.10. The normalized spacial score (nSPS) is 12.9. The maximum absolute atomic E-state index is 13.1. The fraction of sp³-hybridized carbons (Fsp3) is 0.400. The highest BCUT2D eigenvalue weighted by molar-refractivity contribution is 9.10. The van der Waals surface area contributed by atoms with Gasteiger partial charge in [0.15, 0.2) is 0 Å². The van der Waals surface area contributed by atoms with Gasteiger partial charge in [0, 0.05) is 6.04 Å². The van der Waals surface area contributed by atoms with Crippen LogP contribution in [0.15, 0.2) is 34.9 Å². The summed E-state index contributed by atoms with van der Waals surface area (Å²) in [7, 11) is 0. The number of halogens is 2. The molecule has 0 radical (unpaired) electrons. The van der Waals surface area contributed by atoms with Gasteiger partial charge in [0.25, 0.3) is 0 Å². The smallest absolute Gasteiger partial charge is 0.123 e. The zero-order valence-corrected chi connectivity index (χ0v) is 13.5. The Morgan fingerprint density at radius 1 is 1.30 bits per heavy atom. The van der Waals surface area contributed by atoms with Crippen LogP contribution in [0.2, 0.25) is 0 Å². The van der Waals surface area contributed by atoms with E-state index in [2.05, 4.69) is 47.1 Å². The Bertz CT molecular complexity index is 563. The van der Waals surface area contributed by atoms with Crippen molar-refractivity contribution in [3.8, 4) is 0 Å². The molecule has 1 aromatic carbocycles. The summed E-state index contributed by atoms with van der Waals surface area (Å²) in [5.74, 6) is -0.222. The maximum Gasteiger partial charge on any atom is 0.123 e. The Kier molecular flexibility index (Phi) is 4.94. The van der Waals surface area contributed by atoms with Crippen LogP contribution < -0.4 is 5.32 Å². The summed E-state index contributed by atoms with van der Waals surface area (Å²) in [6.45, 7) is 7.06. The lowest BCUT2D eigenvalue weighted by Crippen LogP contribution is -2.26. The molecule has 1 atom stereocenters. The van der Waals surface area contributed by atoms with Gasteiger partial charge in [-0.05, 0) is 54.0 Å². The van der Waals surface area contributed by atoms with Crippen molar-refractivity contribution in [3.05, 3.63) is 52.0 Å². The second-order valence-electron chi connectivity index (χ2n) is 4.96. The van der Waals surface area contributed by atoms with Gasteiger partial charge >= 0.3 is 0 Å². The molecule has 0 amide bonds. The largest absolute Gasteiger partial charge is 0.305 e. The Morgan fingerprint density at radius 2 is 1.95 bits per heavy atom. The maximum atomic E-state index is 13.1. The van der Waals surface area contributed by atoms with Crippen LogP contribution in [-0.4, -0.2) is 16.3 Å². The van der Waals surface area contributed by atoms with Crippen molar-refractivity contribution in [2.24, 2.45) is 0 Å². The SMILES string of the molecule is CCNC(c1ccc(F)cc1)c1c(Br)cnn1C(C)C. The molecule has 0 aliphatic rings. The third-order valence-corrected chi connectivity index (χ3v) is 3.77. The highest BCUT2D eigenvalue weighted by Crippen LogP contribution is 2.30. The van der Waals surface area contributed by atoms with Gasteiger partial charge in [-0.25, -0.2) is 4.39 Å². The average molecular weight is 340 g/mol. The molecule has 1 heterocycles. The summed E-state index contributed by atoms with van der Waals surface area (Å²) >= 11 is 3.57. The number of nitrogens with zero attached hydrogens (tertiary/aromatic N) is 2. The number of hydrogen-bond acceptors (Lipinski definition) is 2. The lowest BCUT2D eigenvalue weighted by atomic mass is 10.0. The number of benzene rings is 1. The molecule has 0 fully saturated rings. The van der Waals surface area contributed by atoms with Crippen LogP contribution in [0, 0.1) is 5.82 Å². The number of aromatic nitrogens is 2. The molecule has 0 spiro atoms. The van der Waals surface area contributed by atoms with E-state index in [1.807, 2.05) is 23.0 Å². The first-order valence-corrected chi connectivity index (χ1v) is 7.55. The molecule has 5 heteroatoms. The van der Waals surface area contributed by atoms with E-state index in [4.69, 9.17) is 0 Å². The van der Waals surface area contributed by atoms with Crippen molar-refractivity contribution in [1.29, 1.82) is 0 Å². The lowest BCUT2D eigenvalue weighted by molar-refractivity contribution is 0.475. The van der Waals surface area contributed by atoms with Crippen LogP contribution in [-0.2, 0) is 0 Å². The second kappa shape index (κ2) is 6.50. The van der Waals surface area contributed by atoms with Crippen molar-refractivity contribution >= 4 is 15.9 Å². The predicted molar refractivity (Wildman–Crippen MR) is 82.2 cm³/mol. The number of nitrogens with one attached hydrogen (secondary N) is 1. The summed E-state index contributed by atoms with van der Waals surface area (Å²) in [5.41, 5.74) is 2.09. The molecule has 2 aromatic rings. The first-order chi connectivity index (χ1) is 9.54. The Balaban J connectivity index is 2.48. The number of rotatable bonds is 5.